The van der Waals surface area contributed by atoms with Crippen LogP contribution in [0.25, 0.3) is 33.1 Å². The maximum atomic E-state index is 12.0. The van der Waals surface area contributed by atoms with Crippen LogP contribution in [0.1, 0.15) is 32.3 Å². The first-order chi connectivity index (χ1) is 15.5. The van der Waals surface area contributed by atoms with Gasteiger partial charge in [0.15, 0.2) is 10.5 Å². The van der Waals surface area contributed by atoms with E-state index in [9.17, 15) is 4.55 Å². The van der Waals surface area contributed by atoms with Gasteiger partial charge in [-0.15, -0.1) is 5.14 Å². The second-order valence-corrected chi connectivity index (χ2v) is 8.75. The van der Waals surface area contributed by atoms with Gasteiger partial charge in [-0.1, -0.05) is 61.9 Å². The van der Waals surface area contributed by atoms with Crippen molar-refractivity contribution in [3.05, 3.63) is 90.9 Å². The molecule has 0 fully saturated rings. The number of nitrogens with zero attached hydrogens (tertiary/aromatic N) is 3. The Bertz CT molecular complexity index is 1350. The van der Waals surface area contributed by atoms with E-state index in [4.69, 9.17) is 10.1 Å². The predicted molar refractivity (Wildman–Crippen MR) is 133 cm³/mol. The van der Waals surface area contributed by atoms with E-state index in [-0.39, 0.29) is 0 Å². The summed E-state index contributed by atoms with van der Waals surface area (Å²) in [6, 6.07) is 11.6. The summed E-state index contributed by atoms with van der Waals surface area (Å²) in [5.74, 6) is 0. The summed E-state index contributed by atoms with van der Waals surface area (Å²) in [5.41, 5.74) is 5.90. The van der Waals surface area contributed by atoms with E-state index in [0.717, 1.165) is 51.5 Å². The first-order valence-electron chi connectivity index (χ1n) is 10.6. The molecule has 0 aliphatic heterocycles. The Morgan fingerprint density at radius 2 is 1.91 bits per heavy atom. The van der Waals surface area contributed by atoms with Gasteiger partial charge in [-0.25, -0.2) is 9.50 Å². The molecule has 2 aromatic carbocycles. The Morgan fingerprint density at radius 3 is 2.62 bits per heavy atom. The molecule has 0 bridgehead atoms. The fraction of sp³-hybridized carbons (Fsp3) is 0.154. The molecule has 2 N–H and O–H groups in total. The second-order valence-electron chi connectivity index (χ2n) is 7.71. The van der Waals surface area contributed by atoms with Crippen LogP contribution in [0.15, 0.2) is 90.3 Å². The van der Waals surface area contributed by atoms with Gasteiger partial charge in [-0.05, 0) is 48.1 Å². The number of aromatic nitrogens is 3. The average molecular weight is 443 g/mol. The summed E-state index contributed by atoms with van der Waals surface area (Å²) in [4.78, 5) is 5.33. The molecule has 2 aromatic heterocycles. The van der Waals surface area contributed by atoms with E-state index in [1.165, 1.54) is 5.57 Å². The van der Waals surface area contributed by atoms with Crippen molar-refractivity contribution < 1.29 is 4.55 Å². The van der Waals surface area contributed by atoms with Crippen molar-refractivity contribution in [2.24, 2.45) is 5.14 Å². The van der Waals surface area contributed by atoms with Crippen molar-refractivity contribution in [3.8, 4) is 11.1 Å². The lowest BCUT2D eigenvalue weighted by atomic mass is 10.00. The molecule has 2 heterocycles. The van der Waals surface area contributed by atoms with Crippen LogP contribution in [0.3, 0.4) is 0 Å². The van der Waals surface area contributed by atoms with E-state index in [2.05, 4.69) is 37.7 Å². The summed E-state index contributed by atoms with van der Waals surface area (Å²) in [6.45, 7) is 8.27. The van der Waals surface area contributed by atoms with Gasteiger partial charge in [0.2, 0.25) is 0 Å². The second kappa shape index (κ2) is 9.53. The normalized spacial score (nSPS) is 13.6. The predicted octanol–water partition coefficient (Wildman–Crippen LogP) is 5.85. The maximum absolute atomic E-state index is 12.0. The highest BCUT2D eigenvalue weighted by molar-refractivity contribution is 7.89. The summed E-state index contributed by atoms with van der Waals surface area (Å²) >= 11 is -1.56. The van der Waals surface area contributed by atoms with Crippen molar-refractivity contribution in [2.75, 3.05) is 0 Å². The van der Waals surface area contributed by atoms with E-state index in [1.807, 2.05) is 61.1 Å². The fourth-order valence-corrected chi connectivity index (χ4v) is 4.48. The van der Waals surface area contributed by atoms with Gasteiger partial charge in [-0.2, -0.15) is 5.10 Å². The molecule has 32 heavy (non-hydrogen) atoms. The van der Waals surface area contributed by atoms with Gasteiger partial charge >= 0.3 is 0 Å². The van der Waals surface area contributed by atoms with Crippen molar-refractivity contribution in [1.82, 2.24) is 14.6 Å². The molecule has 4 rings (SSSR count). The number of hydrogen-bond donors (Lipinski definition) is 1. The largest absolute Gasteiger partial charge is 0.593 e. The van der Waals surface area contributed by atoms with Crippen LogP contribution in [-0.2, 0) is 11.4 Å². The number of nitrogens with two attached hydrogens (primary N) is 1. The Morgan fingerprint density at radius 1 is 1.12 bits per heavy atom. The zero-order valence-electron chi connectivity index (χ0n) is 18.3. The van der Waals surface area contributed by atoms with Crippen LogP contribution in [-0.4, -0.2) is 19.2 Å². The van der Waals surface area contributed by atoms with E-state index >= 15 is 0 Å². The lowest BCUT2D eigenvalue weighted by molar-refractivity contribution is 0.597. The molecule has 1 atom stereocenters. The number of benzene rings is 2. The number of rotatable bonds is 7. The summed E-state index contributed by atoms with van der Waals surface area (Å²) in [5, 5.41) is 12.1. The Kier molecular flexibility index (Phi) is 6.55. The van der Waals surface area contributed by atoms with E-state index in [0.29, 0.717) is 4.90 Å². The molecule has 0 amide bonds. The van der Waals surface area contributed by atoms with Gasteiger partial charge < -0.3 is 4.55 Å². The molecule has 0 aliphatic rings. The van der Waals surface area contributed by atoms with Gasteiger partial charge in [-0.3, -0.25) is 0 Å². The molecule has 0 aliphatic carbocycles. The molecule has 0 spiro atoms. The SMILES string of the molecule is C=C/C(=C\C=C(\C)CCC)c1cnc2c(-c3ccc([S+](N)[O-])c4ccccc34)cnn2c1. The first-order valence-corrected chi connectivity index (χ1v) is 11.8. The Hall–Kier alpha value is -3.19. The van der Waals surface area contributed by atoms with Crippen LogP contribution in [0.4, 0.5) is 0 Å². The molecular formula is C26H26N4OS. The van der Waals surface area contributed by atoms with Crippen LogP contribution >= 0.6 is 0 Å². The molecule has 0 saturated carbocycles. The van der Waals surface area contributed by atoms with Crippen molar-refractivity contribution >= 4 is 33.4 Å². The third-order valence-electron chi connectivity index (χ3n) is 5.49. The van der Waals surface area contributed by atoms with Crippen LogP contribution in [0.5, 0.6) is 0 Å². The molecule has 5 nitrogen and oxygen atoms in total. The minimum absolute atomic E-state index is 0.614. The van der Waals surface area contributed by atoms with Crippen LogP contribution in [0.2, 0.25) is 0 Å². The molecule has 162 valence electrons. The monoisotopic (exact) mass is 442 g/mol. The minimum Gasteiger partial charge on any atom is -0.593 e. The van der Waals surface area contributed by atoms with Gasteiger partial charge in [0.25, 0.3) is 0 Å². The van der Waals surface area contributed by atoms with Gasteiger partial charge in [0, 0.05) is 28.9 Å². The maximum Gasteiger partial charge on any atom is 0.181 e. The van der Waals surface area contributed by atoms with Crippen molar-refractivity contribution in [1.29, 1.82) is 0 Å². The van der Waals surface area contributed by atoms with Crippen molar-refractivity contribution in [2.45, 2.75) is 31.6 Å². The molecule has 0 radical (unpaired) electrons. The molecule has 6 heteroatoms. The average Bonchev–Trinajstić information content (AvgIpc) is 3.22. The molecule has 0 saturated heterocycles. The smallest absolute Gasteiger partial charge is 0.181 e. The quantitative estimate of drug-likeness (QED) is 0.288. The van der Waals surface area contributed by atoms with Gasteiger partial charge in [0.05, 0.1) is 17.6 Å². The molecular weight excluding hydrogens is 416 g/mol. The minimum atomic E-state index is -1.56. The third-order valence-corrected chi connectivity index (χ3v) is 6.28. The highest BCUT2D eigenvalue weighted by atomic mass is 32.2. The lowest BCUT2D eigenvalue weighted by Gasteiger charge is -2.10. The van der Waals surface area contributed by atoms with Gasteiger partial charge in [0.1, 0.15) is 0 Å². The third kappa shape index (κ3) is 4.25. The summed E-state index contributed by atoms with van der Waals surface area (Å²) in [7, 11) is 0. The van der Waals surface area contributed by atoms with Crippen LogP contribution in [0, 0.1) is 0 Å². The Balaban J connectivity index is 1.80. The van der Waals surface area contributed by atoms with Crippen molar-refractivity contribution in [3.63, 3.8) is 0 Å². The Labute approximate surface area is 191 Å². The topological polar surface area (TPSA) is 79.3 Å². The molecule has 1 unspecified atom stereocenters. The zero-order chi connectivity index (χ0) is 22.7. The highest BCUT2D eigenvalue weighted by Gasteiger charge is 2.17. The number of hydrogen-bond acceptors (Lipinski definition) is 4. The van der Waals surface area contributed by atoms with Crippen LogP contribution < -0.4 is 5.14 Å². The van der Waals surface area contributed by atoms with E-state index < -0.39 is 11.4 Å². The summed E-state index contributed by atoms with van der Waals surface area (Å²) < 4.78 is 13.8. The number of allylic oxidation sites excluding steroid dienone is 5. The first kappa shape index (κ1) is 22.0. The molecule has 4 aromatic rings. The number of fused-ring (bicyclic) bond motifs is 2. The highest BCUT2D eigenvalue weighted by Crippen LogP contribution is 2.34. The standard InChI is InChI=1S/C26H26N4OS/c1-4-8-18(3)11-12-19(5-2)20-15-28-26-24(16-29-30(26)17-20)22-13-14-25(32(27)31)23-10-7-6-9-21(22)23/h5-7,9-17H,2,4,8,27H2,1,3H3/b18-11-,19-12+. The fourth-order valence-electron chi connectivity index (χ4n) is 3.89. The lowest BCUT2D eigenvalue weighted by Crippen LogP contribution is -2.12. The summed E-state index contributed by atoms with van der Waals surface area (Å²) in [6.07, 6.45) is 13.9. The van der Waals surface area contributed by atoms with E-state index in [1.54, 1.807) is 4.52 Å². The zero-order valence-corrected chi connectivity index (χ0v) is 19.1.